The van der Waals surface area contributed by atoms with Crippen LogP contribution in [0, 0.1) is 12.3 Å². The molecule has 0 aliphatic rings. The molecule has 7 heteroatoms. The number of hydrogen-bond acceptors (Lipinski definition) is 4. The number of pyridine rings is 1. The van der Waals surface area contributed by atoms with Gasteiger partial charge >= 0.3 is 0 Å². The molecular weight excluding hydrogens is 374 g/mol. The number of fused-ring (bicyclic) bond motifs is 1. The molecule has 2 aromatic heterocycles. The Morgan fingerprint density at radius 1 is 1.29 bits per heavy atom. The zero-order chi connectivity index (χ0) is 20.8. The lowest BCUT2D eigenvalue weighted by molar-refractivity contribution is 0.748. The lowest BCUT2D eigenvalue weighted by Gasteiger charge is -2.12. The molecule has 0 unspecified atom stereocenters. The van der Waals surface area contributed by atoms with Crippen molar-refractivity contribution in [1.82, 2.24) is 14.5 Å². The molecular formula is C21H24ClN5O. The Morgan fingerprint density at radius 2 is 2.00 bits per heavy atom. The predicted molar refractivity (Wildman–Crippen MR) is 117 cm³/mol. The summed E-state index contributed by atoms with van der Waals surface area (Å²) in [5, 5.41) is 9.06. The summed E-state index contributed by atoms with van der Waals surface area (Å²) >= 11 is 6.42. The van der Waals surface area contributed by atoms with E-state index < -0.39 is 0 Å². The molecule has 0 aliphatic heterocycles. The van der Waals surface area contributed by atoms with Crippen LogP contribution in [0.25, 0.3) is 22.2 Å². The van der Waals surface area contributed by atoms with Gasteiger partial charge in [-0.1, -0.05) is 37.6 Å². The van der Waals surface area contributed by atoms with Crippen molar-refractivity contribution < 1.29 is 0 Å². The maximum absolute atomic E-state index is 13.0. The van der Waals surface area contributed by atoms with Gasteiger partial charge in [0.05, 0.1) is 0 Å². The highest BCUT2D eigenvalue weighted by Gasteiger charge is 2.15. The Morgan fingerprint density at radius 3 is 2.61 bits per heavy atom. The van der Waals surface area contributed by atoms with Crippen LogP contribution in [0.4, 0.5) is 0 Å². The fourth-order valence-electron chi connectivity index (χ4n) is 2.82. The van der Waals surface area contributed by atoms with E-state index in [1.54, 1.807) is 55.1 Å². The number of nitrogens with one attached hydrogen (secondary N) is 1. The Hall–Kier alpha value is -2.86. The van der Waals surface area contributed by atoms with E-state index in [0.717, 1.165) is 5.39 Å². The fraction of sp³-hybridized carbons (Fsp3) is 0.286. The van der Waals surface area contributed by atoms with Gasteiger partial charge in [0, 0.05) is 46.1 Å². The van der Waals surface area contributed by atoms with Crippen LogP contribution in [0.15, 0.2) is 40.2 Å². The maximum atomic E-state index is 13.0. The van der Waals surface area contributed by atoms with Crippen molar-refractivity contribution in [3.8, 4) is 11.1 Å². The number of rotatable bonds is 3. The number of aryl methyl sites for hydroxylation is 2. The van der Waals surface area contributed by atoms with Crippen molar-refractivity contribution in [3.05, 3.63) is 57.2 Å². The number of benzene rings is 1. The summed E-state index contributed by atoms with van der Waals surface area (Å²) in [7, 11) is 0. The Balaban J connectivity index is 0.00000136. The first kappa shape index (κ1) is 21.4. The number of aliphatic imine (C=N–C) groups is 1. The molecule has 0 amide bonds. The molecule has 0 fully saturated rings. The third-order valence-electron chi connectivity index (χ3n) is 4.05. The minimum Gasteiger partial charge on any atom is -0.292 e. The van der Waals surface area contributed by atoms with E-state index in [2.05, 4.69) is 15.0 Å². The van der Waals surface area contributed by atoms with E-state index in [0.29, 0.717) is 39.7 Å². The van der Waals surface area contributed by atoms with Crippen LogP contribution < -0.4 is 5.56 Å². The van der Waals surface area contributed by atoms with Crippen molar-refractivity contribution in [1.29, 1.82) is 5.41 Å². The lowest BCUT2D eigenvalue weighted by Crippen LogP contribution is -2.22. The van der Waals surface area contributed by atoms with Crippen LogP contribution in [-0.4, -0.2) is 26.6 Å². The maximum Gasteiger partial charge on any atom is 0.260 e. The molecule has 6 nitrogen and oxygen atoms in total. The van der Waals surface area contributed by atoms with E-state index in [1.165, 1.54) is 0 Å². The molecule has 28 heavy (non-hydrogen) atoms. The van der Waals surface area contributed by atoms with Gasteiger partial charge < -0.3 is 0 Å². The van der Waals surface area contributed by atoms with E-state index in [-0.39, 0.29) is 11.4 Å². The average Bonchev–Trinajstić information content (AvgIpc) is 2.69. The predicted octanol–water partition coefficient (Wildman–Crippen LogP) is 4.88. The van der Waals surface area contributed by atoms with Crippen LogP contribution in [0.1, 0.15) is 39.1 Å². The Kier molecular flexibility index (Phi) is 7.18. The molecule has 3 aromatic rings. The number of nitrogens with zero attached hydrogens (tertiary/aromatic N) is 4. The van der Waals surface area contributed by atoms with E-state index >= 15 is 0 Å². The largest absolute Gasteiger partial charge is 0.292 e. The minimum atomic E-state index is -0.158. The standard InChI is InChI=1S/C19H18ClN5O.C2H6/c1-4-22-17(21)12-6-7-14(16(20)9-12)15-8-13-10-23-11(3)24-18(13)25(5-2)19(15)26;1-2/h4,6-10,21H,5H2,1-3H3;1-2H3. The van der Waals surface area contributed by atoms with Gasteiger partial charge in [0.2, 0.25) is 0 Å². The van der Waals surface area contributed by atoms with E-state index in [9.17, 15) is 4.79 Å². The highest BCUT2D eigenvalue weighted by molar-refractivity contribution is 6.33. The van der Waals surface area contributed by atoms with Crippen LogP contribution in [0.3, 0.4) is 0 Å². The number of aromatic nitrogens is 3. The first-order valence-corrected chi connectivity index (χ1v) is 9.58. The molecule has 0 aliphatic carbocycles. The smallest absolute Gasteiger partial charge is 0.260 e. The lowest BCUT2D eigenvalue weighted by atomic mass is 10.0. The SMILES string of the molecule is CC.CC=NC(=N)c1ccc(-c2cc3cnc(C)nc3n(CC)c2=O)c(Cl)c1. The highest BCUT2D eigenvalue weighted by atomic mass is 35.5. The quantitative estimate of drug-likeness (QED) is 0.504. The number of halogens is 1. The van der Waals surface area contributed by atoms with Crippen molar-refractivity contribution in [2.75, 3.05) is 0 Å². The molecule has 146 valence electrons. The van der Waals surface area contributed by atoms with Gasteiger partial charge in [-0.25, -0.2) is 15.0 Å². The summed E-state index contributed by atoms with van der Waals surface area (Å²) in [6.45, 7) is 9.93. The average molecular weight is 398 g/mol. The molecule has 0 bridgehead atoms. The monoisotopic (exact) mass is 397 g/mol. The summed E-state index contributed by atoms with van der Waals surface area (Å²) in [4.78, 5) is 25.5. The number of amidine groups is 1. The van der Waals surface area contributed by atoms with Gasteiger partial charge in [0.25, 0.3) is 5.56 Å². The highest BCUT2D eigenvalue weighted by Crippen LogP contribution is 2.28. The van der Waals surface area contributed by atoms with Crippen molar-refractivity contribution >= 4 is 34.7 Å². The van der Waals surface area contributed by atoms with Crippen LogP contribution in [0.5, 0.6) is 0 Å². The minimum absolute atomic E-state index is 0.120. The molecule has 0 spiro atoms. The molecule has 0 radical (unpaired) electrons. The van der Waals surface area contributed by atoms with E-state index in [4.69, 9.17) is 17.0 Å². The summed E-state index contributed by atoms with van der Waals surface area (Å²) < 4.78 is 1.62. The van der Waals surface area contributed by atoms with Gasteiger partial charge in [-0.2, -0.15) is 0 Å². The van der Waals surface area contributed by atoms with Gasteiger partial charge in [-0.3, -0.25) is 14.8 Å². The molecule has 1 aromatic carbocycles. The second-order valence-electron chi connectivity index (χ2n) is 5.73. The van der Waals surface area contributed by atoms with Gasteiger partial charge in [-0.05, 0) is 32.9 Å². The molecule has 2 heterocycles. The third-order valence-corrected chi connectivity index (χ3v) is 4.37. The fourth-order valence-corrected chi connectivity index (χ4v) is 3.10. The summed E-state index contributed by atoms with van der Waals surface area (Å²) in [6, 6.07) is 6.90. The van der Waals surface area contributed by atoms with Crippen molar-refractivity contribution in [2.24, 2.45) is 4.99 Å². The van der Waals surface area contributed by atoms with Gasteiger partial charge in [0.1, 0.15) is 11.5 Å². The first-order valence-electron chi connectivity index (χ1n) is 9.21. The topological polar surface area (TPSA) is 84.0 Å². The second kappa shape index (κ2) is 9.37. The van der Waals surface area contributed by atoms with Gasteiger partial charge in [-0.15, -0.1) is 0 Å². The normalized spacial score (nSPS) is 10.8. The number of hydrogen-bond donors (Lipinski definition) is 1. The van der Waals surface area contributed by atoms with Crippen LogP contribution >= 0.6 is 11.6 Å². The summed E-state index contributed by atoms with van der Waals surface area (Å²) in [6.07, 6.45) is 3.26. The van der Waals surface area contributed by atoms with Gasteiger partial charge in [0.15, 0.2) is 5.84 Å². The molecule has 1 N–H and O–H groups in total. The van der Waals surface area contributed by atoms with Crippen LogP contribution in [-0.2, 0) is 6.54 Å². The van der Waals surface area contributed by atoms with E-state index in [1.807, 2.05) is 20.8 Å². The Bertz CT molecular complexity index is 1100. The second-order valence-corrected chi connectivity index (χ2v) is 6.14. The Labute approximate surface area is 169 Å². The summed E-state index contributed by atoms with van der Waals surface area (Å²) in [5.74, 6) is 0.735. The zero-order valence-electron chi connectivity index (χ0n) is 16.7. The molecule has 0 saturated carbocycles. The molecule has 3 rings (SSSR count). The first-order chi connectivity index (χ1) is 13.5. The zero-order valence-corrected chi connectivity index (χ0v) is 17.5. The molecule has 0 atom stereocenters. The van der Waals surface area contributed by atoms with Crippen molar-refractivity contribution in [3.63, 3.8) is 0 Å². The molecule has 0 saturated heterocycles. The van der Waals surface area contributed by atoms with Crippen LogP contribution in [0.2, 0.25) is 5.02 Å². The summed E-state index contributed by atoms with van der Waals surface area (Å²) in [5.41, 5.74) is 2.13. The van der Waals surface area contributed by atoms with Crippen molar-refractivity contribution in [2.45, 2.75) is 41.2 Å². The third kappa shape index (κ3) is 4.17.